The van der Waals surface area contributed by atoms with Gasteiger partial charge in [0.15, 0.2) is 5.69 Å². The van der Waals surface area contributed by atoms with E-state index in [1.54, 1.807) is 44.2 Å². The quantitative estimate of drug-likeness (QED) is 0.486. The largest absolute Gasteiger partial charge is 0.461 e. The number of fused-ring (bicyclic) bond motifs is 1. The third kappa shape index (κ3) is 4.05. The van der Waals surface area contributed by atoms with Crippen molar-refractivity contribution in [3.05, 3.63) is 60.3 Å². The molecule has 1 aliphatic rings. The van der Waals surface area contributed by atoms with Crippen molar-refractivity contribution in [2.75, 3.05) is 26.3 Å². The Kier molecular flexibility index (Phi) is 6.32. The predicted molar refractivity (Wildman–Crippen MR) is 121 cm³/mol. The first kappa shape index (κ1) is 23.4. The topological polar surface area (TPSA) is 112 Å². The van der Waals surface area contributed by atoms with Crippen LogP contribution in [0, 0.1) is 0 Å². The van der Waals surface area contributed by atoms with E-state index in [9.17, 15) is 21.6 Å². The van der Waals surface area contributed by atoms with Gasteiger partial charge in [-0.2, -0.15) is 4.31 Å². The summed E-state index contributed by atoms with van der Waals surface area (Å²) in [4.78, 5) is 12.6. The van der Waals surface area contributed by atoms with Gasteiger partial charge in [-0.1, -0.05) is 36.4 Å². The van der Waals surface area contributed by atoms with Crippen molar-refractivity contribution in [1.82, 2.24) is 8.28 Å². The number of rotatable bonds is 6. The number of aromatic nitrogens is 1. The zero-order valence-electron chi connectivity index (χ0n) is 18.2. The molecular formula is C22H24N2O7S2. The molecule has 176 valence electrons. The van der Waals surface area contributed by atoms with Crippen LogP contribution < -0.4 is 0 Å². The molecule has 1 aliphatic heterocycles. The molecule has 1 fully saturated rings. The molecule has 11 heteroatoms. The van der Waals surface area contributed by atoms with Crippen molar-refractivity contribution in [2.45, 2.75) is 29.7 Å². The van der Waals surface area contributed by atoms with Crippen molar-refractivity contribution in [3.8, 4) is 0 Å². The molecule has 1 unspecified atom stereocenters. The van der Waals surface area contributed by atoms with E-state index in [4.69, 9.17) is 9.47 Å². The number of ether oxygens (including phenoxy) is 2. The number of morpholine rings is 1. The Hall–Kier alpha value is -2.73. The second-order valence-corrected chi connectivity index (χ2v) is 11.2. The first-order chi connectivity index (χ1) is 15.7. The van der Waals surface area contributed by atoms with Crippen molar-refractivity contribution in [1.29, 1.82) is 0 Å². The maximum absolute atomic E-state index is 13.8. The van der Waals surface area contributed by atoms with Crippen LogP contribution in [0.4, 0.5) is 0 Å². The van der Waals surface area contributed by atoms with E-state index < -0.39 is 31.7 Å². The zero-order valence-corrected chi connectivity index (χ0v) is 19.8. The fourth-order valence-corrected chi connectivity index (χ4v) is 7.34. The second kappa shape index (κ2) is 8.90. The lowest BCUT2D eigenvalue weighted by molar-refractivity contribution is 0.0102. The Morgan fingerprint density at radius 1 is 1.03 bits per heavy atom. The Balaban J connectivity index is 2.08. The maximum atomic E-state index is 13.8. The lowest BCUT2D eigenvalue weighted by atomic mass is 10.2. The molecule has 3 aromatic rings. The molecule has 0 N–H and O–H groups in total. The summed E-state index contributed by atoms with van der Waals surface area (Å²) in [5.74, 6) is -1.03. The zero-order chi connectivity index (χ0) is 23.8. The average Bonchev–Trinajstić information content (AvgIpc) is 3.17. The van der Waals surface area contributed by atoms with Gasteiger partial charge in [0.05, 0.1) is 29.7 Å². The number of hydrogen-bond acceptors (Lipinski definition) is 7. The van der Waals surface area contributed by atoms with Gasteiger partial charge in [0, 0.05) is 18.5 Å². The summed E-state index contributed by atoms with van der Waals surface area (Å²) >= 11 is 0. The van der Waals surface area contributed by atoms with E-state index in [2.05, 4.69) is 0 Å². The molecule has 0 amide bonds. The minimum Gasteiger partial charge on any atom is -0.461 e. The summed E-state index contributed by atoms with van der Waals surface area (Å²) in [6.07, 6.45) is -0.346. The Bertz CT molecular complexity index is 1400. The highest BCUT2D eigenvalue weighted by Gasteiger charge is 2.40. The van der Waals surface area contributed by atoms with Gasteiger partial charge >= 0.3 is 5.97 Å². The summed E-state index contributed by atoms with van der Waals surface area (Å²) in [6.45, 7) is 3.61. The highest BCUT2D eigenvalue weighted by Crippen LogP contribution is 2.36. The molecule has 0 saturated carbocycles. The van der Waals surface area contributed by atoms with Gasteiger partial charge in [0.2, 0.25) is 10.0 Å². The standard InChI is InChI=1S/C22H24N2O7S2/c1-3-30-22(25)20-21(33(28,29)23-13-14-31-16(2)15-23)18-11-7-8-12-19(18)24(20)32(26,27)17-9-5-4-6-10-17/h4-12,16H,3,13-15H2,1-2H3. The minimum atomic E-state index is -4.33. The van der Waals surface area contributed by atoms with Crippen molar-refractivity contribution >= 4 is 36.9 Å². The molecule has 1 atom stereocenters. The first-order valence-electron chi connectivity index (χ1n) is 10.4. The van der Waals surface area contributed by atoms with Gasteiger partial charge in [0.25, 0.3) is 10.0 Å². The Morgan fingerprint density at radius 3 is 2.36 bits per heavy atom. The number of benzene rings is 2. The molecule has 0 aliphatic carbocycles. The molecule has 0 spiro atoms. The maximum Gasteiger partial charge on any atom is 0.357 e. The molecular weight excluding hydrogens is 468 g/mol. The fourth-order valence-electron chi connectivity index (χ4n) is 3.90. The number of carbonyl (C=O) groups is 1. The molecule has 0 radical (unpaired) electrons. The van der Waals surface area contributed by atoms with E-state index >= 15 is 0 Å². The number of esters is 1. The number of carbonyl (C=O) groups excluding carboxylic acids is 1. The van der Waals surface area contributed by atoms with Crippen molar-refractivity contribution in [3.63, 3.8) is 0 Å². The number of hydrogen-bond donors (Lipinski definition) is 0. The summed E-state index contributed by atoms with van der Waals surface area (Å²) in [7, 11) is -8.60. The van der Waals surface area contributed by atoms with Crippen LogP contribution in [0.15, 0.2) is 64.4 Å². The third-order valence-corrected chi connectivity index (χ3v) is 9.01. The summed E-state index contributed by atoms with van der Waals surface area (Å²) in [6, 6.07) is 13.7. The smallest absolute Gasteiger partial charge is 0.357 e. The van der Waals surface area contributed by atoms with Crippen LogP contribution in [0.2, 0.25) is 0 Å². The minimum absolute atomic E-state index is 0.0557. The molecule has 9 nitrogen and oxygen atoms in total. The monoisotopic (exact) mass is 492 g/mol. The average molecular weight is 493 g/mol. The molecule has 1 aromatic heterocycles. The van der Waals surface area contributed by atoms with Gasteiger partial charge in [-0.15, -0.1) is 0 Å². The van der Waals surface area contributed by atoms with Crippen molar-refractivity contribution < 1.29 is 31.1 Å². The van der Waals surface area contributed by atoms with Crippen LogP contribution in [-0.2, 0) is 29.5 Å². The molecule has 2 heterocycles. The van der Waals surface area contributed by atoms with Crippen LogP contribution >= 0.6 is 0 Å². The second-order valence-electron chi connectivity index (χ2n) is 7.54. The molecule has 0 bridgehead atoms. The number of para-hydroxylation sites is 1. The van der Waals surface area contributed by atoms with Crippen LogP contribution in [0.5, 0.6) is 0 Å². The number of nitrogens with zero attached hydrogens (tertiary/aromatic N) is 2. The first-order valence-corrected chi connectivity index (χ1v) is 13.3. The van der Waals surface area contributed by atoms with E-state index in [0.717, 1.165) is 3.97 Å². The van der Waals surface area contributed by atoms with Crippen LogP contribution in [-0.4, -0.2) is 63.5 Å². The van der Waals surface area contributed by atoms with E-state index in [0.29, 0.717) is 0 Å². The molecule has 4 rings (SSSR count). The van der Waals surface area contributed by atoms with Crippen LogP contribution in [0.25, 0.3) is 10.9 Å². The normalized spacial score (nSPS) is 17.8. The molecule has 33 heavy (non-hydrogen) atoms. The van der Waals surface area contributed by atoms with Crippen molar-refractivity contribution in [2.24, 2.45) is 0 Å². The molecule has 2 aromatic carbocycles. The van der Waals surface area contributed by atoms with Gasteiger partial charge < -0.3 is 9.47 Å². The lowest BCUT2D eigenvalue weighted by Crippen LogP contribution is -2.44. The molecule has 1 saturated heterocycles. The Morgan fingerprint density at radius 2 is 1.70 bits per heavy atom. The van der Waals surface area contributed by atoms with Gasteiger partial charge in [-0.3, -0.25) is 0 Å². The SMILES string of the molecule is CCOC(=O)c1c(S(=O)(=O)N2CCOC(C)C2)c2ccccc2n1S(=O)(=O)c1ccccc1. The van der Waals surface area contributed by atoms with E-state index in [1.165, 1.54) is 28.6 Å². The fraction of sp³-hybridized carbons (Fsp3) is 0.318. The summed E-state index contributed by atoms with van der Waals surface area (Å²) < 4.78 is 67.6. The predicted octanol–water partition coefficient (Wildman–Crippen LogP) is 2.46. The lowest BCUT2D eigenvalue weighted by Gasteiger charge is -2.30. The highest BCUT2D eigenvalue weighted by atomic mass is 32.2. The Labute approximate surface area is 192 Å². The van der Waals surface area contributed by atoms with Crippen LogP contribution in [0.1, 0.15) is 24.3 Å². The summed E-state index contributed by atoms with van der Waals surface area (Å²) in [5.41, 5.74) is -0.467. The van der Waals surface area contributed by atoms with Gasteiger partial charge in [-0.05, 0) is 32.0 Å². The van der Waals surface area contributed by atoms with E-state index in [1.807, 2.05) is 0 Å². The number of sulfonamides is 1. The summed E-state index contributed by atoms with van der Waals surface area (Å²) in [5, 5.41) is 0.124. The highest BCUT2D eigenvalue weighted by molar-refractivity contribution is 7.91. The van der Waals surface area contributed by atoms with Gasteiger partial charge in [0.1, 0.15) is 4.90 Å². The van der Waals surface area contributed by atoms with Gasteiger partial charge in [-0.25, -0.2) is 25.6 Å². The third-order valence-electron chi connectivity index (χ3n) is 5.34. The van der Waals surface area contributed by atoms with Crippen LogP contribution in [0.3, 0.4) is 0 Å². The van der Waals surface area contributed by atoms with E-state index in [-0.39, 0.29) is 53.1 Å².